The summed E-state index contributed by atoms with van der Waals surface area (Å²) in [5.41, 5.74) is -0.872. The molecular weight excluding hydrogens is 192 g/mol. The molecule has 2 rings (SSSR count). The molecule has 2 aliphatic rings. The van der Waals surface area contributed by atoms with Gasteiger partial charge in [-0.3, -0.25) is 9.59 Å². The number of cyclic esters (lactones) is 1. The van der Waals surface area contributed by atoms with Crippen LogP contribution < -0.4 is 0 Å². The van der Waals surface area contributed by atoms with Crippen LogP contribution in [0.1, 0.15) is 40.0 Å². The number of ketones is 1. The molecule has 1 aliphatic carbocycles. The first-order valence-corrected chi connectivity index (χ1v) is 5.59. The first kappa shape index (κ1) is 10.7. The van der Waals surface area contributed by atoms with E-state index in [-0.39, 0.29) is 23.1 Å². The Hall–Kier alpha value is -0.860. The lowest BCUT2D eigenvalue weighted by molar-refractivity contribution is -0.170. The van der Waals surface area contributed by atoms with E-state index in [1.54, 1.807) is 0 Å². The number of hydrogen-bond donors (Lipinski definition) is 0. The molecule has 2 fully saturated rings. The number of esters is 1. The molecule has 1 saturated heterocycles. The molecule has 1 spiro atoms. The number of carbonyl (C=O) groups is 2. The second-order valence-electron chi connectivity index (χ2n) is 5.74. The van der Waals surface area contributed by atoms with Gasteiger partial charge in [-0.15, -0.1) is 0 Å². The Kier molecular flexibility index (Phi) is 2.18. The topological polar surface area (TPSA) is 43.4 Å². The average molecular weight is 210 g/mol. The fourth-order valence-electron chi connectivity index (χ4n) is 3.05. The number of ether oxygens (including phenoxy) is 1. The van der Waals surface area contributed by atoms with Crippen molar-refractivity contribution in [2.24, 2.45) is 16.7 Å². The third-order valence-corrected chi connectivity index (χ3v) is 3.88. The zero-order chi connectivity index (χ0) is 11.3. The Morgan fingerprint density at radius 2 is 2.00 bits per heavy atom. The second kappa shape index (κ2) is 3.06. The third-order valence-electron chi connectivity index (χ3n) is 3.88. The largest absolute Gasteiger partial charge is 0.465 e. The zero-order valence-corrected chi connectivity index (χ0v) is 9.63. The summed E-state index contributed by atoms with van der Waals surface area (Å²) in [5.74, 6) is -0.0606. The molecule has 0 aromatic heterocycles. The average Bonchev–Trinajstić information content (AvgIpc) is 2.34. The van der Waals surface area contributed by atoms with Crippen LogP contribution in [0, 0.1) is 16.7 Å². The Morgan fingerprint density at radius 3 is 2.47 bits per heavy atom. The van der Waals surface area contributed by atoms with E-state index < -0.39 is 5.41 Å². The molecule has 0 N–H and O–H groups in total. The lowest BCUT2D eigenvalue weighted by Crippen LogP contribution is -2.46. The van der Waals surface area contributed by atoms with Gasteiger partial charge < -0.3 is 4.74 Å². The highest BCUT2D eigenvalue weighted by molar-refractivity contribution is 6.06. The van der Waals surface area contributed by atoms with Crippen LogP contribution in [0.2, 0.25) is 0 Å². The van der Waals surface area contributed by atoms with Crippen LogP contribution in [0.25, 0.3) is 0 Å². The van der Waals surface area contributed by atoms with Crippen molar-refractivity contribution in [1.29, 1.82) is 0 Å². The molecule has 1 aliphatic heterocycles. The fraction of sp³-hybridized carbons (Fsp3) is 0.833. The van der Waals surface area contributed by atoms with Crippen LogP contribution in [0.4, 0.5) is 0 Å². The van der Waals surface area contributed by atoms with Crippen molar-refractivity contribution in [3.05, 3.63) is 0 Å². The van der Waals surface area contributed by atoms with Gasteiger partial charge in [0, 0.05) is 6.42 Å². The normalized spacial score (nSPS) is 39.5. The highest BCUT2D eigenvalue weighted by Gasteiger charge is 2.60. The van der Waals surface area contributed by atoms with E-state index in [4.69, 9.17) is 4.74 Å². The predicted molar refractivity (Wildman–Crippen MR) is 55.2 cm³/mol. The van der Waals surface area contributed by atoms with Gasteiger partial charge in [-0.05, 0) is 24.2 Å². The number of Topliss-reactive ketones (excluding diaryl/α,β-unsaturated/α-hetero) is 1. The molecule has 84 valence electrons. The quantitative estimate of drug-likeness (QED) is 0.453. The number of carbonyl (C=O) groups excluding carboxylic acids is 2. The van der Waals surface area contributed by atoms with Crippen molar-refractivity contribution in [2.45, 2.75) is 40.0 Å². The summed E-state index contributed by atoms with van der Waals surface area (Å²) in [6.07, 6.45) is 1.97. The molecule has 15 heavy (non-hydrogen) atoms. The maximum atomic E-state index is 12.1. The Labute approximate surface area is 90.2 Å². The van der Waals surface area contributed by atoms with Crippen molar-refractivity contribution < 1.29 is 14.3 Å². The summed E-state index contributed by atoms with van der Waals surface area (Å²) in [7, 11) is 0. The van der Waals surface area contributed by atoms with E-state index in [9.17, 15) is 9.59 Å². The summed E-state index contributed by atoms with van der Waals surface area (Å²) in [6.45, 7) is 6.57. The molecule has 0 amide bonds. The first-order chi connectivity index (χ1) is 6.88. The van der Waals surface area contributed by atoms with Crippen molar-refractivity contribution in [3.8, 4) is 0 Å². The van der Waals surface area contributed by atoms with Crippen molar-refractivity contribution in [2.75, 3.05) is 6.61 Å². The van der Waals surface area contributed by atoms with E-state index >= 15 is 0 Å². The smallest absolute Gasteiger partial charge is 0.319 e. The van der Waals surface area contributed by atoms with Crippen LogP contribution in [-0.2, 0) is 14.3 Å². The lowest BCUT2D eigenvalue weighted by Gasteiger charge is -2.36. The molecular formula is C12H18O3. The highest BCUT2D eigenvalue weighted by Crippen LogP contribution is 2.53. The Bertz CT molecular complexity index is 319. The Balaban J connectivity index is 2.39. The predicted octanol–water partition coefficient (Wildman–Crippen LogP) is 1.94. The summed E-state index contributed by atoms with van der Waals surface area (Å²) in [6, 6.07) is 0. The van der Waals surface area contributed by atoms with Gasteiger partial charge in [0.25, 0.3) is 0 Å². The van der Waals surface area contributed by atoms with Crippen LogP contribution in [-0.4, -0.2) is 18.4 Å². The van der Waals surface area contributed by atoms with Gasteiger partial charge in [0.15, 0.2) is 5.78 Å². The zero-order valence-electron chi connectivity index (χ0n) is 9.63. The summed E-state index contributed by atoms with van der Waals surface area (Å²) >= 11 is 0. The summed E-state index contributed by atoms with van der Waals surface area (Å²) in [4.78, 5) is 24.0. The molecule has 0 aromatic rings. The maximum Gasteiger partial charge on any atom is 0.319 e. The van der Waals surface area contributed by atoms with Gasteiger partial charge in [0.1, 0.15) is 5.41 Å². The van der Waals surface area contributed by atoms with Crippen molar-refractivity contribution >= 4 is 11.8 Å². The molecule has 0 bridgehead atoms. The number of rotatable bonds is 0. The van der Waals surface area contributed by atoms with Crippen LogP contribution in [0.5, 0.6) is 0 Å². The van der Waals surface area contributed by atoms with E-state index in [2.05, 4.69) is 0 Å². The van der Waals surface area contributed by atoms with Crippen LogP contribution in [0.15, 0.2) is 0 Å². The van der Waals surface area contributed by atoms with Gasteiger partial charge in [-0.2, -0.15) is 0 Å². The standard InChI is InChI=1S/C12H18O3/c1-8-4-5-15-10(14)12(8)7-11(2,3)6-9(12)13/h8H,4-7H2,1-3H3/t8-,12-/m1/s1. The molecule has 0 radical (unpaired) electrons. The lowest BCUT2D eigenvalue weighted by atomic mass is 9.70. The molecule has 0 aromatic carbocycles. The molecule has 1 saturated carbocycles. The van der Waals surface area contributed by atoms with E-state index in [0.29, 0.717) is 19.4 Å². The van der Waals surface area contributed by atoms with Crippen molar-refractivity contribution in [1.82, 2.24) is 0 Å². The monoisotopic (exact) mass is 210 g/mol. The van der Waals surface area contributed by atoms with Crippen LogP contribution >= 0.6 is 0 Å². The fourth-order valence-corrected chi connectivity index (χ4v) is 3.05. The SMILES string of the molecule is C[C@@H]1CCOC(=O)[C@]12CC(C)(C)CC2=O. The Morgan fingerprint density at radius 1 is 1.33 bits per heavy atom. The third kappa shape index (κ3) is 1.40. The second-order valence-corrected chi connectivity index (χ2v) is 5.74. The van der Waals surface area contributed by atoms with Gasteiger partial charge in [-0.25, -0.2) is 0 Å². The number of hydrogen-bond acceptors (Lipinski definition) is 3. The molecule has 1 heterocycles. The maximum absolute atomic E-state index is 12.1. The van der Waals surface area contributed by atoms with E-state index in [1.807, 2.05) is 20.8 Å². The van der Waals surface area contributed by atoms with Gasteiger partial charge >= 0.3 is 5.97 Å². The molecule has 3 nitrogen and oxygen atoms in total. The minimum absolute atomic E-state index is 0.0539. The molecule has 2 atom stereocenters. The van der Waals surface area contributed by atoms with E-state index in [0.717, 1.165) is 6.42 Å². The van der Waals surface area contributed by atoms with Gasteiger partial charge in [-0.1, -0.05) is 20.8 Å². The van der Waals surface area contributed by atoms with Crippen molar-refractivity contribution in [3.63, 3.8) is 0 Å². The minimum atomic E-state index is -0.818. The minimum Gasteiger partial charge on any atom is -0.465 e. The van der Waals surface area contributed by atoms with Gasteiger partial charge in [0.05, 0.1) is 6.61 Å². The molecule has 0 unspecified atom stereocenters. The summed E-state index contributed by atoms with van der Waals surface area (Å²) in [5, 5.41) is 0. The first-order valence-electron chi connectivity index (χ1n) is 5.59. The van der Waals surface area contributed by atoms with Crippen LogP contribution in [0.3, 0.4) is 0 Å². The van der Waals surface area contributed by atoms with E-state index in [1.165, 1.54) is 0 Å². The molecule has 3 heteroatoms. The summed E-state index contributed by atoms with van der Waals surface area (Å²) < 4.78 is 5.09. The highest BCUT2D eigenvalue weighted by atomic mass is 16.5. The van der Waals surface area contributed by atoms with Gasteiger partial charge in [0.2, 0.25) is 0 Å².